The van der Waals surface area contributed by atoms with Gasteiger partial charge in [-0.15, -0.1) is 11.8 Å². The molecule has 112 valence electrons. The lowest BCUT2D eigenvalue weighted by Gasteiger charge is -2.31. The topological polar surface area (TPSA) is 49.5 Å². The third-order valence-corrected chi connectivity index (χ3v) is 5.19. The molecule has 1 fully saturated rings. The summed E-state index contributed by atoms with van der Waals surface area (Å²) in [6.07, 6.45) is 3.32. The molecule has 4 heteroatoms. The highest BCUT2D eigenvalue weighted by Crippen LogP contribution is 2.19. The predicted octanol–water partition coefficient (Wildman–Crippen LogP) is 2.20. The van der Waals surface area contributed by atoms with Crippen LogP contribution in [0, 0.1) is 5.92 Å². The van der Waals surface area contributed by atoms with Gasteiger partial charge in [0.2, 0.25) is 0 Å². The minimum Gasteiger partial charge on any atom is -0.396 e. The average molecular weight is 294 g/mol. The maximum absolute atomic E-state index is 9.13. The lowest BCUT2D eigenvalue weighted by atomic mass is 9.98. The molecular weight excluding hydrogens is 268 g/mol. The molecule has 2 rings (SSSR count). The Morgan fingerprint density at radius 2 is 1.95 bits per heavy atom. The summed E-state index contributed by atoms with van der Waals surface area (Å²) in [6, 6.07) is 10.7. The molecular formula is C16H26N2OS. The summed E-state index contributed by atoms with van der Waals surface area (Å²) in [5.41, 5.74) is 6.20. The Kier molecular flexibility index (Phi) is 6.87. The number of aliphatic hydroxyl groups excluding tert-OH is 1. The van der Waals surface area contributed by atoms with E-state index >= 15 is 0 Å². The molecule has 1 atom stereocenters. The van der Waals surface area contributed by atoms with Crippen LogP contribution in [0.2, 0.25) is 0 Å². The van der Waals surface area contributed by atoms with Gasteiger partial charge in [-0.05, 0) is 56.9 Å². The molecule has 0 amide bonds. The number of benzene rings is 1. The highest BCUT2D eigenvalue weighted by atomic mass is 32.2. The van der Waals surface area contributed by atoms with Gasteiger partial charge in [0, 0.05) is 23.3 Å². The summed E-state index contributed by atoms with van der Waals surface area (Å²) in [5, 5.41) is 9.13. The summed E-state index contributed by atoms with van der Waals surface area (Å²) < 4.78 is 0. The number of thioether (sulfide) groups is 1. The number of hydrogen-bond donors (Lipinski definition) is 2. The van der Waals surface area contributed by atoms with Gasteiger partial charge in [0.25, 0.3) is 0 Å². The van der Waals surface area contributed by atoms with Crippen molar-refractivity contribution in [3.05, 3.63) is 30.3 Å². The maximum atomic E-state index is 9.13. The standard InChI is InChI=1S/C16H26N2OS/c17-15(13-20-16-4-2-1-3-5-16)8-11-18-9-6-14(12-19)7-10-18/h1-5,14-15,19H,6-13,17H2/t15-/m1/s1. The van der Waals surface area contributed by atoms with Crippen LogP contribution in [-0.2, 0) is 0 Å². The Bertz CT molecular complexity index is 366. The maximum Gasteiger partial charge on any atom is 0.0460 e. The van der Waals surface area contributed by atoms with Crippen molar-refractivity contribution in [2.75, 3.05) is 32.0 Å². The number of nitrogens with zero attached hydrogens (tertiary/aromatic N) is 1. The first-order chi connectivity index (χ1) is 9.78. The lowest BCUT2D eigenvalue weighted by molar-refractivity contribution is 0.130. The normalized spacial score (nSPS) is 19.1. The molecule has 0 unspecified atom stereocenters. The van der Waals surface area contributed by atoms with E-state index in [0.717, 1.165) is 44.6 Å². The first-order valence-electron chi connectivity index (χ1n) is 7.54. The molecule has 3 N–H and O–H groups in total. The highest BCUT2D eigenvalue weighted by Gasteiger charge is 2.18. The molecule has 0 spiro atoms. The zero-order valence-electron chi connectivity index (χ0n) is 12.1. The molecule has 1 aliphatic heterocycles. The van der Waals surface area contributed by atoms with Crippen molar-refractivity contribution in [1.82, 2.24) is 4.90 Å². The molecule has 20 heavy (non-hydrogen) atoms. The van der Waals surface area contributed by atoms with Crippen molar-refractivity contribution >= 4 is 11.8 Å². The van der Waals surface area contributed by atoms with E-state index in [1.54, 1.807) is 0 Å². The van der Waals surface area contributed by atoms with Gasteiger partial charge in [0.15, 0.2) is 0 Å². The minimum absolute atomic E-state index is 0.260. The lowest BCUT2D eigenvalue weighted by Crippen LogP contribution is -2.38. The van der Waals surface area contributed by atoms with Crippen LogP contribution >= 0.6 is 11.8 Å². The van der Waals surface area contributed by atoms with Crippen LogP contribution in [0.3, 0.4) is 0 Å². The number of nitrogens with two attached hydrogens (primary N) is 1. The third-order valence-electron chi connectivity index (χ3n) is 3.99. The van der Waals surface area contributed by atoms with Crippen molar-refractivity contribution in [2.24, 2.45) is 11.7 Å². The van der Waals surface area contributed by atoms with E-state index < -0.39 is 0 Å². The Balaban J connectivity index is 1.59. The van der Waals surface area contributed by atoms with Gasteiger partial charge in [0.05, 0.1) is 0 Å². The molecule has 1 aromatic rings. The first kappa shape index (κ1) is 15.8. The SMILES string of the molecule is N[C@H](CCN1CCC(CO)CC1)CSc1ccccc1. The van der Waals surface area contributed by atoms with Crippen LogP contribution in [0.4, 0.5) is 0 Å². The van der Waals surface area contributed by atoms with E-state index in [1.165, 1.54) is 4.90 Å². The average Bonchev–Trinajstić information content (AvgIpc) is 2.52. The van der Waals surface area contributed by atoms with Crippen molar-refractivity contribution in [1.29, 1.82) is 0 Å². The van der Waals surface area contributed by atoms with Crippen LogP contribution in [0.1, 0.15) is 19.3 Å². The van der Waals surface area contributed by atoms with Gasteiger partial charge in [-0.1, -0.05) is 18.2 Å². The molecule has 0 radical (unpaired) electrons. The second-order valence-electron chi connectivity index (χ2n) is 5.64. The molecule has 0 bridgehead atoms. The van der Waals surface area contributed by atoms with E-state index in [4.69, 9.17) is 10.8 Å². The Morgan fingerprint density at radius 3 is 2.60 bits per heavy atom. The van der Waals surface area contributed by atoms with Gasteiger partial charge in [0.1, 0.15) is 0 Å². The molecule has 1 aliphatic rings. The van der Waals surface area contributed by atoms with Crippen molar-refractivity contribution in [3.63, 3.8) is 0 Å². The molecule has 1 saturated heterocycles. The van der Waals surface area contributed by atoms with E-state index in [2.05, 4.69) is 29.2 Å². The molecule has 3 nitrogen and oxygen atoms in total. The number of rotatable bonds is 7. The second-order valence-corrected chi connectivity index (χ2v) is 6.73. The quantitative estimate of drug-likeness (QED) is 0.757. The van der Waals surface area contributed by atoms with E-state index in [9.17, 15) is 0 Å². The molecule has 1 aromatic carbocycles. The van der Waals surface area contributed by atoms with Crippen molar-refractivity contribution < 1.29 is 5.11 Å². The fourth-order valence-corrected chi connectivity index (χ4v) is 3.47. The number of piperidine rings is 1. The van der Waals surface area contributed by atoms with Crippen LogP contribution in [0.5, 0.6) is 0 Å². The summed E-state index contributed by atoms with van der Waals surface area (Å²) in [4.78, 5) is 3.78. The highest BCUT2D eigenvalue weighted by molar-refractivity contribution is 7.99. The monoisotopic (exact) mass is 294 g/mol. The molecule has 1 heterocycles. The first-order valence-corrected chi connectivity index (χ1v) is 8.53. The number of likely N-dealkylation sites (tertiary alicyclic amines) is 1. The summed E-state index contributed by atoms with van der Waals surface area (Å²) in [6.45, 7) is 3.67. The van der Waals surface area contributed by atoms with E-state index in [1.807, 2.05) is 17.8 Å². The summed E-state index contributed by atoms with van der Waals surface area (Å²) in [7, 11) is 0. The smallest absolute Gasteiger partial charge is 0.0460 e. The van der Waals surface area contributed by atoms with Crippen LogP contribution in [0.25, 0.3) is 0 Å². The summed E-state index contributed by atoms with van der Waals surface area (Å²) in [5.74, 6) is 1.51. The zero-order valence-corrected chi connectivity index (χ0v) is 12.9. The van der Waals surface area contributed by atoms with Gasteiger partial charge >= 0.3 is 0 Å². The predicted molar refractivity (Wildman–Crippen MR) is 86.0 cm³/mol. The summed E-state index contributed by atoms with van der Waals surface area (Å²) >= 11 is 1.84. The van der Waals surface area contributed by atoms with Crippen LogP contribution in [0.15, 0.2) is 35.2 Å². The Hall–Kier alpha value is -0.550. The zero-order chi connectivity index (χ0) is 14.2. The van der Waals surface area contributed by atoms with E-state index in [-0.39, 0.29) is 6.04 Å². The fourth-order valence-electron chi connectivity index (χ4n) is 2.54. The molecule has 0 aliphatic carbocycles. The number of aliphatic hydroxyl groups is 1. The van der Waals surface area contributed by atoms with Gasteiger partial charge in [-0.25, -0.2) is 0 Å². The van der Waals surface area contributed by atoms with Crippen LogP contribution < -0.4 is 5.73 Å². The second kappa shape index (κ2) is 8.67. The third kappa shape index (κ3) is 5.44. The van der Waals surface area contributed by atoms with Gasteiger partial charge in [-0.3, -0.25) is 0 Å². The molecule has 0 saturated carbocycles. The Labute approximate surface area is 126 Å². The van der Waals surface area contributed by atoms with Gasteiger partial charge in [-0.2, -0.15) is 0 Å². The largest absolute Gasteiger partial charge is 0.396 e. The van der Waals surface area contributed by atoms with Crippen LogP contribution in [-0.4, -0.2) is 48.0 Å². The van der Waals surface area contributed by atoms with E-state index in [0.29, 0.717) is 12.5 Å². The minimum atomic E-state index is 0.260. The van der Waals surface area contributed by atoms with Gasteiger partial charge < -0.3 is 15.7 Å². The molecule has 0 aromatic heterocycles. The van der Waals surface area contributed by atoms with Crippen molar-refractivity contribution in [3.8, 4) is 0 Å². The fraction of sp³-hybridized carbons (Fsp3) is 0.625. The number of hydrogen-bond acceptors (Lipinski definition) is 4. The van der Waals surface area contributed by atoms with Crippen molar-refractivity contribution in [2.45, 2.75) is 30.2 Å². The Morgan fingerprint density at radius 1 is 1.25 bits per heavy atom.